The van der Waals surface area contributed by atoms with Crippen molar-refractivity contribution in [3.63, 3.8) is 0 Å². The van der Waals surface area contributed by atoms with Crippen molar-refractivity contribution >= 4 is 17.5 Å². The highest BCUT2D eigenvalue weighted by Gasteiger charge is 2.55. The normalized spacial score (nSPS) is 36.2. The van der Waals surface area contributed by atoms with E-state index in [0.29, 0.717) is 26.0 Å². The lowest BCUT2D eigenvalue weighted by Gasteiger charge is -2.43. The Labute approximate surface area is 281 Å². The number of nitrogens with two attached hydrogens (primary N) is 1. The molecule has 3 heterocycles. The van der Waals surface area contributed by atoms with Crippen LogP contribution in [0, 0.1) is 0 Å². The van der Waals surface area contributed by atoms with Gasteiger partial charge in [-0.1, -0.05) is 12.1 Å². The smallest absolute Gasteiger partial charge is 0.252 e. The predicted molar refractivity (Wildman–Crippen MR) is 166 cm³/mol. The average molecular weight is 682 g/mol. The van der Waals surface area contributed by atoms with Crippen LogP contribution in [0.2, 0.25) is 0 Å². The van der Waals surface area contributed by atoms with Gasteiger partial charge >= 0.3 is 0 Å². The lowest BCUT2D eigenvalue weighted by Crippen LogP contribution is -2.55. The molecule has 49 heavy (non-hydrogen) atoms. The highest BCUT2D eigenvalue weighted by atomic mass is 16.7. The molecule has 1 amide bonds. The molecule has 3 aliphatic heterocycles. The average Bonchev–Trinajstić information content (AvgIpc) is 3.64. The van der Waals surface area contributed by atoms with Crippen molar-refractivity contribution in [3.8, 4) is 17.2 Å². The largest absolute Gasteiger partial charge is 0.507 e. The van der Waals surface area contributed by atoms with Gasteiger partial charge in [0, 0.05) is 67.7 Å². The van der Waals surface area contributed by atoms with Crippen molar-refractivity contribution < 1.29 is 58.1 Å². The van der Waals surface area contributed by atoms with Crippen molar-refractivity contribution in [1.29, 1.82) is 0 Å². The van der Waals surface area contributed by atoms with Crippen molar-refractivity contribution in [2.24, 2.45) is 5.73 Å². The summed E-state index contributed by atoms with van der Waals surface area (Å²) in [4.78, 5) is 43.6. The molecule has 15 heteroatoms. The van der Waals surface area contributed by atoms with E-state index in [-0.39, 0.29) is 58.7 Å². The molecule has 3 saturated heterocycles. The molecule has 1 saturated carbocycles. The molecular formula is C34H39N3O12. The molecule has 6 aliphatic rings. The summed E-state index contributed by atoms with van der Waals surface area (Å²) in [5.41, 5.74) is 2.80. The minimum absolute atomic E-state index is 0.0129. The standard InChI is InChI=1S/C34H39N3O12/c1-13-30-18(37-7-8-46-32(45-3)31(37)49-30)10-21(47-13)48-20-12-34(43,33(42)36-17-9-16(17)35)11-15-23(20)29(41)25-24(27(15)39)26(38)14-5-4-6-19(44-2)22(14)28(25)40/h4-6,13,16-18,20-21,30-32,39,41,43H,7-12,35H2,1-3H3,(H,36,42)/t13-,16?,17?,18-,20-,21-,30+,31+,32-,34-/m0/s1. The molecule has 3 aliphatic carbocycles. The van der Waals surface area contributed by atoms with E-state index in [1.54, 1.807) is 13.2 Å². The zero-order valence-electron chi connectivity index (χ0n) is 27.2. The topological polar surface area (TPSA) is 209 Å². The molecule has 2 aromatic rings. The molecular weight excluding hydrogens is 642 g/mol. The first-order chi connectivity index (χ1) is 23.4. The number of aromatic hydroxyl groups is 2. The van der Waals surface area contributed by atoms with Crippen LogP contribution < -0.4 is 15.8 Å². The summed E-state index contributed by atoms with van der Waals surface area (Å²) in [6.07, 6.45) is -3.95. The van der Waals surface area contributed by atoms with E-state index in [2.05, 4.69) is 10.2 Å². The van der Waals surface area contributed by atoms with Crippen molar-refractivity contribution in [2.75, 3.05) is 27.4 Å². The van der Waals surface area contributed by atoms with Crippen molar-refractivity contribution in [1.82, 2.24) is 10.2 Å². The number of methoxy groups -OCH3 is 2. The van der Waals surface area contributed by atoms with Gasteiger partial charge in [-0.05, 0) is 19.4 Å². The number of hydrogen-bond donors (Lipinski definition) is 5. The van der Waals surface area contributed by atoms with Gasteiger partial charge in [-0.2, -0.15) is 0 Å². The van der Waals surface area contributed by atoms with E-state index in [4.69, 9.17) is 34.2 Å². The fraction of sp³-hybridized carbons (Fsp3) is 0.559. The minimum Gasteiger partial charge on any atom is -0.507 e. The Hall–Kier alpha value is -3.67. The maximum atomic E-state index is 14.0. The summed E-state index contributed by atoms with van der Waals surface area (Å²) in [7, 11) is 2.91. The minimum atomic E-state index is -2.14. The number of nitrogens with one attached hydrogen (secondary N) is 1. The first-order valence-electron chi connectivity index (χ1n) is 16.5. The lowest BCUT2D eigenvalue weighted by atomic mass is 9.72. The molecule has 0 spiro atoms. The van der Waals surface area contributed by atoms with Crippen LogP contribution in [0.3, 0.4) is 0 Å². The zero-order chi connectivity index (χ0) is 34.5. The van der Waals surface area contributed by atoms with Crippen LogP contribution in [0.5, 0.6) is 17.2 Å². The highest BCUT2D eigenvalue weighted by Crippen LogP contribution is 2.53. The Bertz CT molecular complexity index is 1750. The van der Waals surface area contributed by atoms with Gasteiger partial charge in [0.15, 0.2) is 24.6 Å². The summed E-state index contributed by atoms with van der Waals surface area (Å²) in [6, 6.07) is 3.76. The fourth-order valence-corrected chi connectivity index (χ4v) is 8.19. The number of hydrogen-bond acceptors (Lipinski definition) is 14. The van der Waals surface area contributed by atoms with Gasteiger partial charge in [-0.15, -0.1) is 0 Å². The summed E-state index contributed by atoms with van der Waals surface area (Å²) in [5, 5.41) is 38.3. The number of fused-ring (bicyclic) bond motifs is 6. The second-order valence-electron chi connectivity index (χ2n) is 13.7. The number of ether oxygens (including phenoxy) is 6. The third-order valence-electron chi connectivity index (χ3n) is 10.8. The molecule has 6 N–H and O–H groups in total. The molecule has 0 aromatic heterocycles. The molecule has 8 rings (SSSR count). The van der Waals surface area contributed by atoms with E-state index in [1.165, 1.54) is 19.2 Å². The molecule has 262 valence electrons. The molecule has 0 bridgehead atoms. The van der Waals surface area contributed by atoms with Crippen LogP contribution in [0.1, 0.15) is 75.3 Å². The first-order valence-corrected chi connectivity index (χ1v) is 16.5. The number of phenols is 2. The third kappa shape index (κ3) is 4.98. The van der Waals surface area contributed by atoms with E-state index in [0.717, 1.165) is 0 Å². The molecule has 2 unspecified atom stereocenters. The van der Waals surface area contributed by atoms with Crippen LogP contribution in [0.15, 0.2) is 18.2 Å². The number of ketones is 2. The van der Waals surface area contributed by atoms with Crippen LogP contribution in [-0.4, -0.2) is 120 Å². The van der Waals surface area contributed by atoms with Crippen LogP contribution in [0.25, 0.3) is 0 Å². The monoisotopic (exact) mass is 681 g/mol. The number of morpholine rings is 1. The Morgan fingerprint density at radius 2 is 1.84 bits per heavy atom. The molecule has 15 nitrogen and oxygen atoms in total. The second kappa shape index (κ2) is 11.7. The van der Waals surface area contributed by atoms with Crippen molar-refractivity contribution in [3.05, 3.63) is 51.6 Å². The van der Waals surface area contributed by atoms with Gasteiger partial charge in [-0.3, -0.25) is 19.3 Å². The first kappa shape index (κ1) is 32.5. The van der Waals surface area contributed by atoms with E-state index >= 15 is 0 Å². The number of benzene rings is 2. The van der Waals surface area contributed by atoms with E-state index in [9.17, 15) is 29.7 Å². The number of amides is 1. The van der Waals surface area contributed by atoms with E-state index < -0.39 is 83.1 Å². The van der Waals surface area contributed by atoms with Gasteiger partial charge in [0.25, 0.3) is 5.91 Å². The van der Waals surface area contributed by atoms with Crippen LogP contribution in [0.4, 0.5) is 0 Å². The fourth-order valence-electron chi connectivity index (χ4n) is 8.19. The lowest BCUT2D eigenvalue weighted by molar-refractivity contribution is -0.256. The Morgan fingerprint density at radius 1 is 1.08 bits per heavy atom. The van der Waals surface area contributed by atoms with E-state index in [1.807, 2.05) is 6.92 Å². The Balaban J connectivity index is 1.19. The predicted octanol–water partition coefficient (Wildman–Crippen LogP) is 0.366. The summed E-state index contributed by atoms with van der Waals surface area (Å²) in [6.45, 7) is 2.87. The summed E-state index contributed by atoms with van der Waals surface area (Å²) in [5.74, 6) is -3.26. The molecule has 2 aromatic carbocycles. The highest BCUT2D eigenvalue weighted by molar-refractivity contribution is 6.31. The maximum absolute atomic E-state index is 14.0. The Morgan fingerprint density at radius 3 is 2.55 bits per heavy atom. The SMILES string of the molecule is COc1cccc2c1C(=O)c1c(O)c3c(c(O)c1C2=O)C[C@@](O)(C(=O)NC1CC1N)C[C@@H]3O[C@H]1C[C@H]2[C@H](O[C@@H]3[C@@H](OC)OCCN32)[C@H](C)O1. The number of rotatable bonds is 6. The van der Waals surface area contributed by atoms with Crippen LogP contribution >= 0.6 is 0 Å². The molecule has 10 atom stereocenters. The number of phenolic OH excluding ortho intramolecular Hbond substituents is 2. The number of nitrogens with zero attached hydrogens (tertiary/aromatic N) is 1. The van der Waals surface area contributed by atoms with Gasteiger partial charge in [0.2, 0.25) is 5.78 Å². The number of aliphatic hydroxyl groups is 1. The molecule has 4 fully saturated rings. The van der Waals surface area contributed by atoms with Crippen molar-refractivity contribution in [2.45, 2.75) is 93.5 Å². The third-order valence-corrected chi connectivity index (χ3v) is 10.8. The van der Waals surface area contributed by atoms with Gasteiger partial charge < -0.3 is 54.8 Å². The Kier molecular flexibility index (Phi) is 7.77. The number of carbonyl (C=O) groups excluding carboxylic acids is 3. The van der Waals surface area contributed by atoms with Gasteiger partial charge in [0.1, 0.15) is 29.0 Å². The zero-order valence-corrected chi connectivity index (χ0v) is 27.2. The van der Waals surface area contributed by atoms with Gasteiger partial charge in [0.05, 0.1) is 42.6 Å². The summed E-state index contributed by atoms with van der Waals surface area (Å²) >= 11 is 0. The summed E-state index contributed by atoms with van der Waals surface area (Å²) < 4.78 is 35.7. The quantitative estimate of drug-likeness (QED) is 0.223. The second-order valence-corrected chi connectivity index (χ2v) is 13.7. The van der Waals surface area contributed by atoms with Crippen LogP contribution in [-0.2, 0) is 34.9 Å². The molecule has 0 radical (unpaired) electrons. The number of carbonyl (C=O) groups is 3. The maximum Gasteiger partial charge on any atom is 0.252 e. The van der Waals surface area contributed by atoms with Gasteiger partial charge in [-0.25, -0.2) is 0 Å².